The first-order chi connectivity index (χ1) is 12.1. The van der Waals surface area contributed by atoms with Crippen molar-refractivity contribution in [2.75, 3.05) is 45.8 Å². The summed E-state index contributed by atoms with van der Waals surface area (Å²) >= 11 is 0. The minimum absolute atomic E-state index is 0.0765. The van der Waals surface area contributed by atoms with Gasteiger partial charge in [0.1, 0.15) is 5.75 Å². The van der Waals surface area contributed by atoms with E-state index in [0.717, 1.165) is 44.6 Å². The van der Waals surface area contributed by atoms with Crippen LogP contribution in [-0.4, -0.2) is 77.4 Å². The number of piperazine rings is 1. The highest BCUT2D eigenvalue weighted by Gasteiger charge is 2.24. The number of hydrogen-bond donors (Lipinski definition) is 1. The van der Waals surface area contributed by atoms with Crippen molar-refractivity contribution >= 4 is 11.8 Å². The molecule has 6 nitrogen and oxygen atoms in total. The molecule has 0 saturated carbocycles. The molecular weight excluding hydrogens is 318 g/mol. The molecule has 1 N–H and O–H groups in total. The summed E-state index contributed by atoms with van der Waals surface area (Å²) in [5.41, 5.74) is 0.827. The van der Waals surface area contributed by atoms with E-state index in [1.54, 1.807) is 18.2 Å². The zero-order chi connectivity index (χ0) is 17.6. The summed E-state index contributed by atoms with van der Waals surface area (Å²) in [5, 5.41) is 9.49. The molecule has 1 aromatic rings. The second-order valence-corrected chi connectivity index (χ2v) is 6.95. The van der Waals surface area contributed by atoms with Gasteiger partial charge in [-0.15, -0.1) is 0 Å². The second kappa shape index (κ2) is 8.34. The van der Waals surface area contributed by atoms with Gasteiger partial charge < -0.3 is 14.9 Å². The standard InChI is InChI=1S/C19H27N3O3/c23-17-6-4-5-16(13-17)14-18(24)22-11-9-20(10-12-22)15-19(25)21-7-2-1-3-8-21/h4-6,13,23H,1-3,7-12,14-15H2. The number of nitrogens with zero attached hydrogens (tertiary/aromatic N) is 3. The van der Waals surface area contributed by atoms with Crippen LogP contribution < -0.4 is 0 Å². The van der Waals surface area contributed by atoms with Crippen molar-refractivity contribution in [2.45, 2.75) is 25.7 Å². The highest BCUT2D eigenvalue weighted by molar-refractivity contribution is 5.79. The maximum absolute atomic E-state index is 12.4. The lowest BCUT2D eigenvalue weighted by Gasteiger charge is -2.36. The predicted octanol–water partition coefficient (Wildman–Crippen LogP) is 1.09. The maximum Gasteiger partial charge on any atom is 0.236 e. The molecule has 2 aliphatic heterocycles. The molecule has 2 saturated heterocycles. The van der Waals surface area contributed by atoms with Gasteiger partial charge in [0.2, 0.25) is 11.8 Å². The second-order valence-electron chi connectivity index (χ2n) is 6.95. The highest BCUT2D eigenvalue weighted by atomic mass is 16.3. The van der Waals surface area contributed by atoms with Crippen LogP contribution in [0.3, 0.4) is 0 Å². The quantitative estimate of drug-likeness (QED) is 0.887. The number of carbonyl (C=O) groups excluding carboxylic acids is 2. The molecule has 2 heterocycles. The molecule has 136 valence electrons. The predicted molar refractivity (Wildman–Crippen MR) is 95.3 cm³/mol. The Morgan fingerprint density at radius 3 is 2.24 bits per heavy atom. The van der Waals surface area contributed by atoms with Gasteiger partial charge in [-0.2, -0.15) is 0 Å². The number of likely N-dealkylation sites (tertiary alicyclic amines) is 1. The van der Waals surface area contributed by atoms with E-state index >= 15 is 0 Å². The zero-order valence-corrected chi connectivity index (χ0v) is 14.7. The van der Waals surface area contributed by atoms with Gasteiger partial charge >= 0.3 is 0 Å². The Morgan fingerprint density at radius 1 is 0.880 bits per heavy atom. The van der Waals surface area contributed by atoms with Gasteiger partial charge in [0.05, 0.1) is 13.0 Å². The molecule has 3 rings (SSSR count). The number of benzene rings is 1. The van der Waals surface area contributed by atoms with Crippen LogP contribution in [0.25, 0.3) is 0 Å². The molecule has 0 unspecified atom stereocenters. The van der Waals surface area contributed by atoms with E-state index in [9.17, 15) is 14.7 Å². The summed E-state index contributed by atoms with van der Waals surface area (Å²) in [6.07, 6.45) is 3.76. The van der Waals surface area contributed by atoms with Gasteiger partial charge in [-0.05, 0) is 37.0 Å². The third-order valence-corrected chi connectivity index (χ3v) is 5.06. The van der Waals surface area contributed by atoms with Crippen LogP contribution in [0.5, 0.6) is 5.75 Å². The van der Waals surface area contributed by atoms with Gasteiger partial charge in [0.25, 0.3) is 0 Å². The molecule has 25 heavy (non-hydrogen) atoms. The Bertz CT molecular complexity index is 606. The van der Waals surface area contributed by atoms with E-state index < -0.39 is 0 Å². The molecule has 2 aliphatic rings. The van der Waals surface area contributed by atoms with Crippen LogP contribution >= 0.6 is 0 Å². The lowest BCUT2D eigenvalue weighted by atomic mass is 10.1. The fourth-order valence-electron chi connectivity index (χ4n) is 3.54. The molecule has 0 aliphatic carbocycles. The van der Waals surface area contributed by atoms with Crippen molar-refractivity contribution in [3.8, 4) is 5.75 Å². The number of phenolic OH excluding ortho intramolecular Hbond substituents is 1. The van der Waals surface area contributed by atoms with E-state index in [0.29, 0.717) is 26.1 Å². The number of piperidine rings is 1. The average molecular weight is 345 g/mol. The molecule has 0 bridgehead atoms. The van der Waals surface area contributed by atoms with Crippen molar-refractivity contribution in [1.29, 1.82) is 0 Å². The number of carbonyl (C=O) groups is 2. The smallest absolute Gasteiger partial charge is 0.236 e. The molecule has 0 radical (unpaired) electrons. The molecule has 2 fully saturated rings. The van der Waals surface area contributed by atoms with E-state index in [1.165, 1.54) is 6.42 Å². The molecule has 0 atom stereocenters. The monoisotopic (exact) mass is 345 g/mol. The van der Waals surface area contributed by atoms with Crippen LogP contribution in [0.1, 0.15) is 24.8 Å². The molecule has 0 spiro atoms. The lowest BCUT2D eigenvalue weighted by molar-refractivity contribution is -0.135. The number of hydrogen-bond acceptors (Lipinski definition) is 4. The largest absolute Gasteiger partial charge is 0.508 e. The highest BCUT2D eigenvalue weighted by Crippen LogP contribution is 2.14. The first kappa shape index (κ1) is 17.7. The van der Waals surface area contributed by atoms with Crippen LogP contribution in [0.15, 0.2) is 24.3 Å². The molecular formula is C19H27N3O3. The number of amides is 2. The third kappa shape index (κ3) is 4.95. The van der Waals surface area contributed by atoms with E-state index in [1.807, 2.05) is 15.9 Å². The van der Waals surface area contributed by atoms with Crippen molar-refractivity contribution in [3.63, 3.8) is 0 Å². The SMILES string of the molecule is O=C(Cc1cccc(O)c1)N1CCN(CC(=O)N2CCCCC2)CC1. The first-order valence-electron chi connectivity index (χ1n) is 9.17. The molecule has 6 heteroatoms. The van der Waals surface area contributed by atoms with Gasteiger partial charge in [-0.3, -0.25) is 14.5 Å². The summed E-state index contributed by atoms with van der Waals surface area (Å²) in [5.74, 6) is 0.484. The Hall–Kier alpha value is -2.08. The van der Waals surface area contributed by atoms with Crippen LogP contribution in [0.4, 0.5) is 0 Å². The summed E-state index contributed by atoms with van der Waals surface area (Å²) in [7, 11) is 0. The van der Waals surface area contributed by atoms with E-state index in [2.05, 4.69) is 4.90 Å². The molecule has 0 aromatic heterocycles. The summed E-state index contributed by atoms with van der Waals surface area (Å²) < 4.78 is 0. The van der Waals surface area contributed by atoms with Crippen LogP contribution in [0, 0.1) is 0 Å². The zero-order valence-electron chi connectivity index (χ0n) is 14.7. The Balaban J connectivity index is 1.43. The third-order valence-electron chi connectivity index (χ3n) is 5.06. The van der Waals surface area contributed by atoms with E-state index in [-0.39, 0.29) is 17.6 Å². The fraction of sp³-hybridized carbons (Fsp3) is 0.579. The summed E-state index contributed by atoms with van der Waals surface area (Å²) in [4.78, 5) is 30.7. The average Bonchev–Trinajstić information content (AvgIpc) is 2.63. The minimum Gasteiger partial charge on any atom is -0.508 e. The van der Waals surface area contributed by atoms with Gasteiger partial charge in [0.15, 0.2) is 0 Å². The van der Waals surface area contributed by atoms with Crippen LogP contribution in [0.2, 0.25) is 0 Å². The molecule has 2 amide bonds. The Kier molecular flexibility index (Phi) is 5.91. The first-order valence-corrected chi connectivity index (χ1v) is 9.17. The summed E-state index contributed by atoms with van der Waals surface area (Å²) in [6.45, 7) is 5.05. The molecule has 1 aromatic carbocycles. The number of rotatable bonds is 4. The fourth-order valence-corrected chi connectivity index (χ4v) is 3.54. The minimum atomic E-state index is 0.0765. The van der Waals surface area contributed by atoms with Crippen LogP contribution in [-0.2, 0) is 16.0 Å². The number of aromatic hydroxyl groups is 1. The van der Waals surface area contributed by atoms with Crippen molar-refractivity contribution in [1.82, 2.24) is 14.7 Å². The van der Waals surface area contributed by atoms with E-state index in [4.69, 9.17) is 0 Å². The van der Waals surface area contributed by atoms with Crippen molar-refractivity contribution in [3.05, 3.63) is 29.8 Å². The Labute approximate surface area is 149 Å². The van der Waals surface area contributed by atoms with Crippen molar-refractivity contribution in [2.24, 2.45) is 0 Å². The summed E-state index contributed by atoms with van der Waals surface area (Å²) in [6, 6.07) is 6.84. The maximum atomic E-state index is 12.4. The number of phenols is 1. The van der Waals surface area contributed by atoms with Gasteiger partial charge in [-0.1, -0.05) is 12.1 Å². The normalized spacial score (nSPS) is 19.0. The Morgan fingerprint density at radius 2 is 1.56 bits per heavy atom. The lowest BCUT2D eigenvalue weighted by Crippen LogP contribution is -2.52. The topological polar surface area (TPSA) is 64.1 Å². The van der Waals surface area contributed by atoms with Gasteiger partial charge in [0, 0.05) is 39.3 Å². The van der Waals surface area contributed by atoms with Crippen molar-refractivity contribution < 1.29 is 14.7 Å². The van der Waals surface area contributed by atoms with Gasteiger partial charge in [-0.25, -0.2) is 0 Å².